The van der Waals surface area contributed by atoms with Crippen molar-refractivity contribution in [3.63, 3.8) is 0 Å². The van der Waals surface area contributed by atoms with Crippen LogP contribution in [0.5, 0.6) is 0 Å². The van der Waals surface area contributed by atoms with E-state index in [1.54, 1.807) is 0 Å². The Bertz CT molecular complexity index is 3930. The first-order chi connectivity index (χ1) is 30.2. The molecule has 2 heterocycles. The van der Waals surface area contributed by atoms with Crippen molar-refractivity contribution >= 4 is 96.1 Å². The number of fused-ring (bicyclic) bond motifs is 12. The number of aromatic nitrogens is 3. The van der Waals surface area contributed by atoms with Crippen LogP contribution in [0.15, 0.2) is 200 Å². The molecule has 13 rings (SSSR count). The summed E-state index contributed by atoms with van der Waals surface area (Å²) in [6.07, 6.45) is 0. The summed E-state index contributed by atoms with van der Waals surface area (Å²) in [5.74, 6) is 1.94. The summed E-state index contributed by atoms with van der Waals surface area (Å²) in [4.78, 5) is 16.4. The number of benzene rings is 11. The van der Waals surface area contributed by atoms with Gasteiger partial charge in [-0.1, -0.05) is 176 Å². The molecule has 0 aliphatic rings. The molecule has 0 unspecified atom stereocenters. The van der Waals surface area contributed by atoms with E-state index in [2.05, 4.69) is 200 Å². The average Bonchev–Trinajstić information content (AvgIpc) is 3.69. The van der Waals surface area contributed by atoms with E-state index >= 15 is 0 Å². The minimum absolute atomic E-state index is 0.637. The van der Waals surface area contributed by atoms with E-state index in [4.69, 9.17) is 15.0 Å². The van der Waals surface area contributed by atoms with Crippen molar-refractivity contribution in [2.24, 2.45) is 0 Å². The Hall–Kier alpha value is -7.79. The second-order valence-corrected chi connectivity index (χ2v) is 17.0. The molecule has 0 aliphatic carbocycles. The van der Waals surface area contributed by atoms with Gasteiger partial charge in [-0.05, 0) is 94.6 Å². The predicted octanol–water partition coefficient (Wildman–Crippen LogP) is 15.8. The molecule has 3 nitrogen and oxygen atoms in total. The lowest BCUT2D eigenvalue weighted by Gasteiger charge is -2.16. The van der Waals surface area contributed by atoms with E-state index in [0.717, 1.165) is 33.0 Å². The summed E-state index contributed by atoms with van der Waals surface area (Å²) < 4.78 is 2.45. The van der Waals surface area contributed by atoms with Gasteiger partial charge in [0.1, 0.15) is 0 Å². The molecular weight excluding hydrogens is 759 g/mol. The molecule has 2 aromatic heterocycles. The number of hydrogen-bond donors (Lipinski definition) is 0. The lowest BCUT2D eigenvalue weighted by atomic mass is 9.89. The fourth-order valence-corrected chi connectivity index (χ4v) is 10.8. The quantitative estimate of drug-likeness (QED) is 0.167. The van der Waals surface area contributed by atoms with Gasteiger partial charge in [0.25, 0.3) is 0 Å². The molecule has 0 aliphatic heterocycles. The van der Waals surface area contributed by atoms with Crippen LogP contribution in [0.4, 0.5) is 0 Å². The van der Waals surface area contributed by atoms with Gasteiger partial charge < -0.3 is 0 Å². The smallest absolute Gasteiger partial charge is 0.165 e. The molecule has 0 atom stereocenters. The van der Waals surface area contributed by atoms with Crippen molar-refractivity contribution in [1.29, 1.82) is 0 Å². The van der Waals surface area contributed by atoms with Crippen molar-refractivity contribution in [2.45, 2.75) is 0 Å². The highest BCUT2D eigenvalue weighted by Crippen LogP contribution is 2.49. The van der Waals surface area contributed by atoms with Gasteiger partial charge in [-0.3, -0.25) is 0 Å². The van der Waals surface area contributed by atoms with Crippen LogP contribution in [0, 0.1) is 0 Å². The highest BCUT2D eigenvalue weighted by molar-refractivity contribution is 7.26. The zero-order chi connectivity index (χ0) is 40.0. The van der Waals surface area contributed by atoms with Gasteiger partial charge in [0.2, 0.25) is 0 Å². The van der Waals surface area contributed by atoms with Crippen molar-refractivity contribution in [1.82, 2.24) is 15.0 Å². The molecule has 0 bridgehead atoms. The molecule has 0 saturated carbocycles. The highest BCUT2D eigenvalue weighted by atomic mass is 32.1. The maximum Gasteiger partial charge on any atom is 0.165 e. The Morgan fingerprint density at radius 2 is 0.803 bits per heavy atom. The van der Waals surface area contributed by atoms with Crippen LogP contribution >= 0.6 is 11.3 Å². The van der Waals surface area contributed by atoms with Crippen molar-refractivity contribution in [3.8, 4) is 45.3 Å². The normalized spacial score (nSPS) is 11.9. The Morgan fingerprint density at radius 3 is 1.56 bits per heavy atom. The fraction of sp³-hybridized carbons (Fsp3) is 0. The van der Waals surface area contributed by atoms with Crippen LogP contribution in [-0.4, -0.2) is 15.0 Å². The van der Waals surface area contributed by atoms with E-state index in [-0.39, 0.29) is 0 Å². The molecule has 11 aromatic carbocycles. The average molecular weight is 792 g/mol. The van der Waals surface area contributed by atoms with Crippen LogP contribution in [0.2, 0.25) is 0 Å². The van der Waals surface area contributed by atoms with Gasteiger partial charge in [-0.15, -0.1) is 11.3 Å². The van der Waals surface area contributed by atoms with Crippen LogP contribution in [0.25, 0.3) is 130 Å². The van der Waals surface area contributed by atoms with E-state index in [0.29, 0.717) is 17.5 Å². The predicted molar refractivity (Wildman–Crippen MR) is 259 cm³/mol. The maximum absolute atomic E-state index is 5.53. The molecular formula is C57H33N3S. The third-order valence-electron chi connectivity index (χ3n) is 12.4. The minimum atomic E-state index is 0.637. The molecule has 0 radical (unpaired) electrons. The van der Waals surface area contributed by atoms with Crippen molar-refractivity contribution in [3.05, 3.63) is 200 Å². The summed E-state index contributed by atoms with van der Waals surface area (Å²) >= 11 is 1.85. The molecule has 282 valence electrons. The van der Waals surface area contributed by atoms with Gasteiger partial charge in [0.15, 0.2) is 17.5 Å². The van der Waals surface area contributed by atoms with Gasteiger partial charge in [-0.2, -0.15) is 0 Å². The van der Waals surface area contributed by atoms with Gasteiger partial charge in [0, 0.05) is 42.2 Å². The second kappa shape index (κ2) is 13.4. The largest absolute Gasteiger partial charge is 0.208 e. The molecule has 13 aromatic rings. The molecule has 0 N–H and O–H groups in total. The summed E-state index contributed by atoms with van der Waals surface area (Å²) in [6, 6.07) is 72.2. The lowest BCUT2D eigenvalue weighted by Crippen LogP contribution is -2.01. The summed E-state index contributed by atoms with van der Waals surface area (Å²) in [5, 5.41) is 16.8. The van der Waals surface area contributed by atoms with Crippen LogP contribution in [0.1, 0.15) is 0 Å². The number of nitrogens with zero attached hydrogens (tertiary/aromatic N) is 3. The van der Waals surface area contributed by atoms with Crippen LogP contribution in [-0.2, 0) is 0 Å². The van der Waals surface area contributed by atoms with Gasteiger partial charge >= 0.3 is 0 Å². The van der Waals surface area contributed by atoms with E-state index in [9.17, 15) is 0 Å². The summed E-state index contributed by atoms with van der Waals surface area (Å²) in [7, 11) is 0. The van der Waals surface area contributed by atoms with E-state index in [1.165, 1.54) is 79.6 Å². The topological polar surface area (TPSA) is 38.7 Å². The third kappa shape index (κ3) is 5.39. The standard InChI is InChI=1S/C57H33N3S/c1-2-14-38-30-41(29-24-34(38)12-1)56-58-55(37-27-25-36(26-28-37)43-23-11-17-35-13-5-6-18-42(35)43)59-57(60-56)54-52-47-22-10-9-20-45(47)44-19-7-8-21-46(44)48(52)33-51-53(54)49-31-39-15-3-4-16-40(39)32-50(49)61-51/h1-33H. The molecule has 61 heavy (non-hydrogen) atoms. The van der Waals surface area contributed by atoms with Crippen LogP contribution < -0.4 is 0 Å². The SMILES string of the molecule is c1ccc2cc(-c3nc(-c4ccc(-c5cccc6ccccc56)cc4)nc(-c4c5c(cc6c7ccccc7c7ccccc7c46)sc4cc6ccccc6cc45)n3)ccc2c1. The van der Waals surface area contributed by atoms with E-state index in [1.807, 2.05) is 11.3 Å². The van der Waals surface area contributed by atoms with Gasteiger partial charge in [-0.25, -0.2) is 15.0 Å². The minimum Gasteiger partial charge on any atom is -0.208 e. The van der Waals surface area contributed by atoms with Crippen molar-refractivity contribution < 1.29 is 0 Å². The lowest BCUT2D eigenvalue weighted by molar-refractivity contribution is 1.08. The number of rotatable bonds is 4. The third-order valence-corrected chi connectivity index (χ3v) is 13.5. The molecule has 0 amide bonds. The summed E-state index contributed by atoms with van der Waals surface area (Å²) in [5.41, 5.74) is 5.27. The zero-order valence-electron chi connectivity index (χ0n) is 32.8. The van der Waals surface area contributed by atoms with Crippen molar-refractivity contribution in [2.75, 3.05) is 0 Å². The number of hydrogen-bond acceptors (Lipinski definition) is 4. The van der Waals surface area contributed by atoms with E-state index < -0.39 is 0 Å². The number of thiophene rings is 1. The molecule has 0 saturated heterocycles. The molecule has 0 fully saturated rings. The first kappa shape index (κ1) is 34.1. The molecule has 4 heteroatoms. The first-order valence-corrected chi connectivity index (χ1v) is 21.5. The Balaban J connectivity index is 1.14. The Labute approximate surface area is 354 Å². The first-order valence-electron chi connectivity index (χ1n) is 20.7. The second-order valence-electron chi connectivity index (χ2n) is 15.9. The Morgan fingerprint density at radius 1 is 0.279 bits per heavy atom. The Kier molecular flexibility index (Phi) is 7.47. The zero-order valence-corrected chi connectivity index (χ0v) is 33.6. The van der Waals surface area contributed by atoms with Gasteiger partial charge in [0.05, 0.1) is 0 Å². The fourth-order valence-electron chi connectivity index (χ4n) is 9.58. The summed E-state index contributed by atoms with van der Waals surface area (Å²) in [6.45, 7) is 0. The monoisotopic (exact) mass is 791 g/mol. The van der Waals surface area contributed by atoms with Crippen LogP contribution in [0.3, 0.4) is 0 Å². The highest BCUT2D eigenvalue weighted by Gasteiger charge is 2.23. The maximum atomic E-state index is 5.53. The molecule has 0 spiro atoms.